The van der Waals surface area contributed by atoms with E-state index >= 15 is 0 Å². The van der Waals surface area contributed by atoms with Gasteiger partial charge in [-0.15, -0.1) is 0 Å². The fraction of sp³-hybridized carbons (Fsp3) is 0.632. The molecule has 0 saturated carbocycles. The third-order valence-corrected chi connectivity index (χ3v) is 4.76. The highest BCUT2D eigenvalue weighted by Gasteiger charge is 2.22. The van der Waals surface area contributed by atoms with Crippen LogP contribution in [0.5, 0.6) is 0 Å². The van der Waals surface area contributed by atoms with Crippen LogP contribution in [-0.2, 0) is 4.79 Å². The molecule has 2 rings (SSSR count). The van der Waals surface area contributed by atoms with Gasteiger partial charge in [0.1, 0.15) is 0 Å². The molecule has 1 aromatic carbocycles. The highest BCUT2D eigenvalue weighted by atomic mass is 16.3. The van der Waals surface area contributed by atoms with Crippen LogP contribution in [0.3, 0.4) is 0 Å². The Labute approximate surface area is 145 Å². The van der Waals surface area contributed by atoms with Gasteiger partial charge in [0, 0.05) is 33.1 Å². The zero-order valence-corrected chi connectivity index (χ0v) is 14.9. The minimum Gasteiger partial charge on any atom is -0.387 e. The maximum atomic E-state index is 10.9. The van der Waals surface area contributed by atoms with E-state index in [1.807, 2.05) is 30.3 Å². The fourth-order valence-corrected chi connectivity index (χ4v) is 3.33. The van der Waals surface area contributed by atoms with Crippen molar-refractivity contribution in [3.8, 4) is 0 Å². The van der Waals surface area contributed by atoms with Crippen molar-refractivity contribution >= 4 is 5.91 Å². The zero-order valence-electron chi connectivity index (χ0n) is 14.9. The van der Waals surface area contributed by atoms with E-state index in [1.165, 1.54) is 12.8 Å². The maximum absolute atomic E-state index is 10.9. The average molecular weight is 333 g/mol. The summed E-state index contributed by atoms with van der Waals surface area (Å²) in [6.45, 7) is 7.06. The van der Waals surface area contributed by atoms with Crippen molar-refractivity contribution in [3.05, 3.63) is 35.9 Å². The highest BCUT2D eigenvalue weighted by molar-refractivity contribution is 5.72. The monoisotopic (exact) mass is 333 g/mol. The van der Waals surface area contributed by atoms with Crippen molar-refractivity contribution in [1.82, 2.24) is 15.1 Å². The second-order valence-corrected chi connectivity index (χ2v) is 6.92. The molecule has 1 fully saturated rings. The molecule has 0 aliphatic carbocycles. The van der Waals surface area contributed by atoms with E-state index in [-0.39, 0.29) is 5.91 Å². The number of carbonyl (C=O) groups is 1. The highest BCUT2D eigenvalue weighted by Crippen LogP contribution is 2.21. The number of aliphatic hydroxyl groups is 1. The first-order chi connectivity index (χ1) is 11.5. The molecule has 0 radical (unpaired) electrons. The van der Waals surface area contributed by atoms with Gasteiger partial charge in [0.2, 0.25) is 5.91 Å². The molecule has 0 aromatic heterocycles. The summed E-state index contributed by atoms with van der Waals surface area (Å²) in [6, 6.07) is 9.90. The molecule has 1 aliphatic heterocycles. The normalized spacial score (nSPS) is 17.8. The molecule has 1 heterocycles. The first-order valence-corrected chi connectivity index (χ1v) is 8.93. The van der Waals surface area contributed by atoms with E-state index in [0.29, 0.717) is 12.5 Å². The van der Waals surface area contributed by atoms with Gasteiger partial charge in [0.15, 0.2) is 0 Å². The van der Waals surface area contributed by atoms with Crippen molar-refractivity contribution in [2.45, 2.75) is 25.9 Å². The molecular weight excluding hydrogens is 302 g/mol. The van der Waals surface area contributed by atoms with Crippen LogP contribution in [0.25, 0.3) is 0 Å². The van der Waals surface area contributed by atoms with Gasteiger partial charge in [0.05, 0.1) is 6.10 Å². The van der Waals surface area contributed by atoms with Crippen molar-refractivity contribution in [2.24, 2.45) is 5.92 Å². The zero-order chi connectivity index (χ0) is 17.4. The Morgan fingerprint density at radius 1 is 1.33 bits per heavy atom. The van der Waals surface area contributed by atoms with Crippen LogP contribution >= 0.6 is 0 Å². The lowest BCUT2D eigenvalue weighted by Crippen LogP contribution is -2.41. The third kappa shape index (κ3) is 6.59. The van der Waals surface area contributed by atoms with Crippen molar-refractivity contribution in [2.75, 3.05) is 46.3 Å². The number of nitrogens with one attached hydrogen (secondary N) is 1. The van der Waals surface area contributed by atoms with Gasteiger partial charge < -0.3 is 20.2 Å². The number of rotatable bonds is 8. The summed E-state index contributed by atoms with van der Waals surface area (Å²) in [5.74, 6) is 0.742. The Balaban J connectivity index is 1.65. The minimum atomic E-state index is -0.400. The maximum Gasteiger partial charge on any atom is 0.216 e. The van der Waals surface area contributed by atoms with Crippen LogP contribution in [0.1, 0.15) is 31.4 Å². The Bertz CT molecular complexity index is 487. The summed E-state index contributed by atoms with van der Waals surface area (Å²) in [7, 11) is 2.12. The molecular formula is C19H31N3O2. The predicted octanol–water partition coefficient (Wildman–Crippen LogP) is 1.50. The summed E-state index contributed by atoms with van der Waals surface area (Å²) in [5.41, 5.74) is 0.998. The van der Waals surface area contributed by atoms with E-state index in [0.717, 1.165) is 38.3 Å². The summed E-state index contributed by atoms with van der Waals surface area (Å²) < 4.78 is 0. The SMILES string of the molecule is CC(=O)NCCN(C)CC1CCN(C[C@H](O)c2ccccc2)CC1. The average Bonchev–Trinajstić information content (AvgIpc) is 2.57. The number of carbonyl (C=O) groups excluding carboxylic acids is 1. The molecule has 0 unspecified atom stereocenters. The topological polar surface area (TPSA) is 55.8 Å². The largest absolute Gasteiger partial charge is 0.387 e. The van der Waals surface area contributed by atoms with E-state index in [9.17, 15) is 9.90 Å². The Morgan fingerprint density at radius 3 is 2.62 bits per heavy atom. The first kappa shape index (κ1) is 18.9. The summed E-state index contributed by atoms with van der Waals surface area (Å²) >= 11 is 0. The lowest BCUT2D eigenvalue weighted by atomic mass is 9.95. The number of amides is 1. The Hall–Kier alpha value is -1.43. The molecule has 134 valence electrons. The number of likely N-dealkylation sites (tertiary alicyclic amines) is 1. The standard InChI is InChI=1S/C19H31N3O2/c1-16(23)20-10-13-21(2)14-17-8-11-22(12-9-17)15-19(24)18-6-4-3-5-7-18/h3-7,17,19,24H,8-15H2,1-2H3,(H,20,23)/t19-/m0/s1. The number of likely N-dealkylation sites (N-methyl/N-ethyl adjacent to an activating group) is 1. The van der Waals surface area contributed by atoms with Gasteiger partial charge in [-0.3, -0.25) is 4.79 Å². The van der Waals surface area contributed by atoms with Gasteiger partial charge >= 0.3 is 0 Å². The molecule has 5 nitrogen and oxygen atoms in total. The van der Waals surface area contributed by atoms with E-state index in [1.54, 1.807) is 6.92 Å². The summed E-state index contributed by atoms with van der Waals surface area (Å²) in [5, 5.41) is 13.2. The van der Waals surface area contributed by atoms with Crippen LogP contribution in [0, 0.1) is 5.92 Å². The molecule has 24 heavy (non-hydrogen) atoms. The molecule has 1 amide bonds. The smallest absolute Gasteiger partial charge is 0.216 e. The molecule has 1 saturated heterocycles. The number of aliphatic hydroxyl groups excluding tert-OH is 1. The number of hydrogen-bond acceptors (Lipinski definition) is 4. The number of benzene rings is 1. The van der Waals surface area contributed by atoms with E-state index < -0.39 is 6.10 Å². The van der Waals surface area contributed by atoms with Crippen molar-refractivity contribution in [3.63, 3.8) is 0 Å². The van der Waals surface area contributed by atoms with Crippen LogP contribution in [0.4, 0.5) is 0 Å². The van der Waals surface area contributed by atoms with E-state index in [4.69, 9.17) is 0 Å². The minimum absolute atomic E-state index is 0.0358. The number of β-amino-alcohol motifs (C(OH)–C–C–N with tert-alkyl or cyclic N) is 1. The molecule has 1 aliphatic rings. The Kier molecular flexibility index (Phi) is 7.69. The van der Waals surface area contributed by atoms with E-state index in [2.05, 4.69) is 22.2 Å². The number of piperidine rings is 1. The van der Waals surface area contributed by atoms with Crippen LogP contribution < -0.4 is 5.32 Å². The summed E-state index contributed by atoms with van der Waals surface area (Å²) in [6.07, 6.45) is 1.95. The fourth-order valence-electron chi connectivity index (χ4n) is 3.33. The summed E-state index contributed by atoms with van der Waals surface area (Å²) in [4.78, 5) is 15.6. The second kappa shape index (κ2) is 9.77. The number of hydrogen-bond donors (Lipinski definition) is 2. The van der Waals surface area contributed by atoms with Crippen LogP contribution in [-0.4, -0.2) is 67.1 Å². The quantitative estimate of drug-likeness (QED) is 0.757. The van der Waals surface area contributed by atoms with Gasteiger partial charge in [-0.2, -0.15) is 0 Å². The molecule has 2 N–H and O–H groups in total. The lowest BCUT2D eigenvalue weighted by Gasteiger charge is -2.34. The van der Waals surface area contributed by atoms with Gasteiger partial charge in [-0.25, -0.2) is 0 Å². The first-order valence-electron chi connectivity index (χ1n) is 8.93. The number of nitrogens with zero attached hydrogens (tertiary/aromatic N) is 2. The molecule has 1 atom stereocenters. The van der Waals surface area contributed by atoms with Gasteiger partial charge in [-0.05, 0) is 44.5 Å². The van der Waals surface area contributed by atoms with Gasteiger partial charge in [0.25, 0.3) is 0 Å². The van der Waals surface area contributed by atoms with Crippen LogP contribution in [0.2, 0.25) is 0 Å². The molecule has 0 spiro atoms. The Morgan fingerprint density at radius 2 is 2.00 bits per heavy atom. The van der Waals surface area contributed by atoms with Crippen molar-refractivity contribution < 1.29 is 9.90 Å². The molecule has 0 bridgehead atoms. The molecule has 5 heteroatoms. The second-order valence-electron chi connectivity index (χ2n) is 6.92. The molecule has 1 aromatic rings. The van der Waals surface area contributed by atoms with Gasteiger partial charge in [-0.1, -0.05) is 30.3 Å². The lowest BCUT2D eigenvalue weighted by molar-refractivity contribution is -0.119. The van der Waals surface area contributed by atoms with Crippen molar-refractivity contribution in [1.29, 1.82) is 0 Å². The predicted molar refractivity (Wildman–Crippen MR) is 96.7 cm³/mol. The third-order valence-electron chi connectivity index (χ3n) is 4.76. The van der Waals surface area contributed by atoms with Crippen LogP contribution in [0.15, 0.2) is 30.3 Å².